The molecule has 0 aliphatic heterocycles. The maximum absolute atomic E-state index is 2.41. The summed E-state index contributed by atoms with van der Waals surface area (Å²) in [4.78, 5) is 0. The number of nitrogens with zero attached hydrogens (tertiary/aromatic N) is 2. The number of hydrogen-bond donors (Lipinski definition) is 0. The SMILES string of the molecule is c1ccc2c(c1)Cc1ccccc1C2(c1ccc(-n2c3ccccc3c3ccccc32)cc1)c1ccc(-n2c3ccccc3c3ccccc32)cc1. The van der Waals surface area contributed by atoms with E-state index in [-0.39, 0.29) is 0 Å². The first-order valence-corrected chi connectivity index (χ1v) is 18.2. The molecule has 52 heavy (non-hydrogen) atoms. The van der Waals surface area contributed by atoms with Gasteiger partial charge in [-0.1, -0.05) is 146 Å². The molecule has 0 spiro atoms. The highest BCUT2D eigenvalue weighted by Gasteiger charge is 2.43. The summed E-state index contributed by atoms with van der Waals surface area (Å²) in [5, 5.41) is 5.10. The first-order valence-electron chi connectivity index (χ1n) is 18.2. The molecule has 0 fully saturated rings. The van der Waals surface area contributed by atoms with Gasteiger partial charge in [0, 0.05) is 32.9 Å². The van der Waals surface area contributed by atoms with E-state index < -0.39 is 5.41 Å². The molecule has 1 aliphatic rings. The molecule has 0 unspecified atom stereocenters. The second-order valence-corrected chi connectivity index (χ2v) is 14.1. The molecule has 0 radical (unpaired) electrons. The lowest BCUT2D eigenvalue weighted by molar-refractivity contribution is 0.703. The first kappa shape index (κ1) is 29.1. The number of fused-ring (bicyclic) bond motifs is 8. The quantitative estimate of drug-likeness (QED) is 0.177. The van der Waals surface area contributed by atoms with Crippen molar-refractivity contribution in [2.45, 2.75) is 11.8 Å². The van der Waals surface area contributed by atoms with Gasteiger partial charge in [0.25, 0.3) is 0 Å². The van der Waals surface area contributed by atoms with Crippen LogP contribution in [0.2, 0.25) is 0 Å². The average Bonchev–Trinajstić information content (AvgIpc) is 3.73. The molecule has 0 amide bonds. The Morgan fingerprint density at radius 1 is 0.308 bits per heavy atom. The van der Waals surface area contributed by atoms with Gasteiger partial charge < -0.3 is 9.13 Å². The van der Waals surface area contributed by atoms with E-state index in [1.165, 1.54) is 77.0 Å². The summed E-state index contributed by atoms with van der Waals surface area (Å²) >= 11 is 0. The van der Waals surface area contributed by atoms with Crippen LogP contribution in [-0.4, -0.2) is 9.13 Å². The molecule has 2 heteroatoms. The molecule has 0 atom stereocenters. The monoisotopic (exact) mass is 662 g/mol. The van der Waals surface area contributed by atoms with E-state index in [9.17, 15) is 0 Å². The van der Waals surface area contributed by atoms with Crippen LogP contribution < -0.4 is 0 Å². The molecule has 1 aliphatic carbocycles. The molecule has 2 nitrogen and oxygen atoms in total. The van der Waals surface area contributed by atoms with Gasteiger partial charge >= 0.3 is 0 Å². The second kappa shape index (κ2) is 11.2. The highest BCUT2D eigenvalue weighted by Crippen LogP contribution is 2.51. The summed E-state index contributed by atoms with van der Waals surface area (Å²) < 4.78 is 4.81. The summed E-state index contributed by atoms with van der Waals surface area (Å²) in [6.45, 7) is 0. The molecule has 8 aromatic carbocycles. The van der Waals surface area contributed by atoms with Crippen molar-refractivity contribution in [2.24, 2.45) is 0 Å². The van der Waals surface area contributed by atoms with Gasteiger partial charge in [0.15, 0.2) is 0 Å². The van der Waals surface area contributed by atoms with Gasteiger partial charge in [-0.05, 0) is 88.3 Å². The van der Waals surface area contributed by atoms with Gasteiger partial charge in [-0.2, -0.15) is 0 Å². The summed E-state index contributed by atoms with van der Waals surface area (Å²) in [6, 6.07) is 71.9. The number of benzene rings is 8. The number of rotatable bonds is 4. The van der Waals surface area contributed by atoms with E-state index >= 15 is 0 Å². The number of hydrogen-bond acceptors (Lipinski definition) is 0. The first-order chi connectivity index (χ1) is 25.8. The van der Waals surface area contributed by atoms with Crippen molar-refractivity contribution in [3.05, 3.63) is 228 Å². The van der Waals surface area contributed by atoms with Crippen molar-refractivity contribution in [1.82, 2.24) is 9.13 Å². The summed E-state index contributed by atoms with van der Waals surface area (Å²) in [7, 11) is 0. The molecule has 0 saturated heterocycles. The van der Waals surface area contributed by atoms with Crippen LogP contribution in [0, 0.1) is 0 Å². The molecular weight excluding hydrogens is 629 g/mol. The van der Waals surface area contributed by atoms with Crippen LogP contribution in [0.1, 0.15) is 33.4 Å². The highest BCUT2D eigenvalue weighted by molar-refractivity contribution is 6.10. The minimum Gasteiger partial charge on any atom is -0.309 e. The standard InChI is InChI=1S/C50H34N2/c1-7-19-44-34(13-1)33-35-14-2-8-20-45(35)50(44,36-25-29-38(30-26-36)51-46-21-9-3-15-40(46)41-16-4-10-22-47(41)51)37-27-31-39(32-28-37)52-48-23-11-5-17-42(48)43-18-6-12-24-49(43)52/h1-32H,33H2. The van der Waals surface area contributed by atoms with Crippen molar-refractivity contribution >= 4 is 43.6 Å². The van der Waals surface area contributed by atoms with Gasteiger partial charge in [-0.25, -0.2) is 0 Å². The zero-order valence-corrected chi connectivity index (χ0v) is 28.6. The molecule has 2 aromatic heterocycles. The summed E-state index contributed by atoms with van der Waals surface area (Å²) in [5.41, 5.74) is 14.7. The Labute approximate surface area is 302 Å². The zero-order chi connectivity index (χ0) is 34.2. The van der Waals surface area contributed by atoms with Crippen LogP contribution in [0.3, 0.4) is 0 Å². The minimum absolute atomic E-state index is 0.496. The molecule has 0 N–H and O–H groups in total. The van der Waals surface area contributed by atoms with E-state index in [4.69, 9.17) is 0 Å². The molecular formula is C50H34N2. The van der Waals surface area contributed by atoms with Gasteiger partial charge in [-0.3, -0.25) is 0 Å². The van der Waals surface area contributed by atoms with Gasteiger partial charge in [0.2, 0.25) is 0 Å². The Hall–Kier alpha value is -6.64. The lowest BCUT2D eigenvalue weighted by Crippen LogP contribution is -2.36. The van der Waals surface area contributed by atoms with Gasteiger partial charge in [0.1, 0.15) is 0 Å². The Morgan fingerprint density at radius 2 is 0.615 bits per heavy atom. The average molecular weight is 663 g/mol. The van der Waals surface area contributed by atoms with Crippen molar-refractivity contribution in [2.75, 3.05) is 0 Å². The molecule has 11 rings (SSSR count). The maximum Gasteiger partial charge on any atom is 0.0707 e. The summed E-state index contributed by atoms with van der Waals surface area (Å²) in [5.74, 6) is 0. The van der Waals surface area contributed by atoms with Crippen molar-refractivity contribution in [3.63, 3.8) is 0 Å². The van der Waals surface area contributed by atoms with Crippen molar-refractivity contribution in [1.29, 1.82) is 0 Å². The van der Waals surface area contributed by atoms with Crippen LogP contribution in [0.25, 0.3) is 55.0 Å². The van der Waals surface area contributed by atoms with Crippen molar-refractivity contribution in [3.8, 4) is 11.4 Å². The Balaban J connectivity index is 1.14. The number of para-hydroxylation sites is 4. The summed E-state index contributed by atoms with van der Waals surface area (Å²) in [6.07, 6.45) is 0.924. The van der Waals surface area contributed by atoms with Crippen LogP contribution in [0.4, 0.5) is 0 Å². The van der Waals surface area contributed by atoms with Crippen LogP contribution in [-0.2, 0) is 11.8 Å². The second-order valence-electron chi connectivity index (χ2n) is 14.1. The largest absolute Gasteiger partial charge is 0.309 e. The lowest BCUT2D eigenvalue weighted by Gasteiger charge is -2.42. The van der Waals surface area contributed by atoms with Crippen LogP contribution in [0.15, 0.2) is 194 Å². The Morgan fingerprint density at radius 3 is 0.981 bits per heavy atom. The van der Waals surface area contributed by atoms with E-state index in [1.807, 2.05) is 0 Å². The molecule has 10 aromatic rings. The lowest BCUT2D eigenvalue weighted by atomic mass is 9.59. The Kier molecular flexibility index (Phi) is 6.26. The smallest absolute Gasteiger partial charge is 0.0707 e. The maximum atomic E-state index is 2.41. The zero-order valence-electron chi connectivity index (χ0n) is 28.6. The fraction of sp³-hybridized carbons (Fsp3) is 0.0400. The molecule has 0 saturated carbocycles. The minimum atomic E-state index is -0.496. The van der Waals surface area contributed by atoms with E-state index in [0.29, 0.717) is 0 Å². The Bertz CT molecular complexity index is 2660. The van der Waals surface area contributed by atoms with Crippen LogP contribution in [0.5, 0.6) is 0 Å². The third kappa shape index (κ3) is 4.01. The van der Waals surface area contributed by atoms with E-state index in [2.05, 4.69) is 203 Å². The number of aromatic nitrogens is 2. The predicted octanol–water partition coefficient (Wildman–Crippen LogP) is 12.2. The fourth-order valence-electron chi connectivity index (χ4n) is 9.34. The highest BCUT2D eigenvalue weighted by atomic mass is 15.0. The van der Waals surface area contributed by atoms with Crippen molar-refractivity contribution < 1.29 is 0 Å². The molecule has 2 heterocycles. The van der Waals surface area contributed by atoms with Gasteiger partial charge in [-0.15, -0.1) is 0 Å². The van der Waals surface area contributed by atoms with E-state index in [1.54, 1.807) is 0 Å². The third-order valence-corrected chi connectivity index (χ3v) is 11.5. The third-order valence-electron chi connectivity index (χ3n) is 11.5. The molecule has 0 bridgehead atoms. The van der Waals surface area contributed by atoms with Crippen LogP contribution >= 0.6 is 0 Å². The molecule has 244 valence electrons. The fourth-order valence-corrected chi connectivity index (χ4v) is 9.34. The van der Waals surface area contributed by atoms with E-state index in [0.717, 1.165) is 17.8 Å². The predicted molar refractivity (Wildman–Crippen MR) is 216 cm³/mol. The normalized spacial score (nSPS) is 13.5. The topological polar surface area (TPSA) is 9.86 Å². The van der Waals surface area contributed by atoms with Gasteiger partial charge in [0.05, 0.1) is 27.5 Å².